The lowest BCUT2D eigenvalue weighted by Gasteiger charge is -2.36. The van der Waals surface area contributed by atoms with Crippen LogP contribution in [0.3, 0.4) is 0 Å². The molecule has 0 amide bonds. The minimum Gasteiger partial charge on any atom is -0.449 e. The van der Waals surface area contributed by atoms with E-state index in [1.54, 1.807) is 0 Å². The summed E-state index contributed by atoms with van der Waals surface area (Å²) in [7, 11) is 0. The number of nitrogens with zero attached hydrogens (tertiary/aromatic N) is 1. The van der Waals surface area contributed by atoms with Gasteiger partial charge in [0.25, 0.3) is 0 Å². The van der Waals surface area contributed by atoms with Crippen LogP contribution in [-0.2, 0) is 5.41 Å². The zero-order chi connectivity index (χ0) is 38.2. The van der Waals surface area contributed by atoms with E-state index in [1.165, 1.54) is 27.8 Å². The number of ether oxygens (including phenoxy) is 2. The number of rotatable bonds is 5. The molecule has 0 radical (unpaired) electrons. The van der Waals surface area contributed by atoms with Crippen molar-refractivity contribution in [3.8, 4) is 56.4 Å². The Morgan fingerprint density at radius 3 is 1.67 bits per heavy atom. The van der Waals surface area contributed by atoms with Gasteiger partial charge in [0.15, 0.2) is 23.0 Å². The van der Waals surface area contributed by atoms with Crippen LogP contribution in [0.4, 0.5) is 17.1 Å². The van der Waals surface area contributed by atoms with Crippen molar-refractivity contribution < 1.29 is 9.47 Å². The Hall–Kier alpha value is -7.36. The van der Waals surface area contributed by atoms with Gasteiger partial charge in [-0.1, -0.05) is 182 Å². The van der Waals surface area contributed by atoms with E-state index in [0.29, 0.717) is 23.2 Å². The lowest BCUT2D eigenvalue weighted by molar-refractivity contribution is 0.360. The zero-order valence-corrected chi connectivity index (χ0v) is 31.6. The summed E-state index contributed by atoms with van der Waals surface area (Å²) in [6, 6.07) is 67.1. The predicted octanol–water partition coefficient (Wildman–Crippen LogP) is 14.5. The van der Waals surface area contributed by atoms with E-state index in [1.807, 2.05) is 6.07 Å². The molecule has 58 heavy (non-hydrogen) atoms. The van der Waals surface area contributed by atoms with E-state index in [4.69, 9.17) is 9.47 Å². The van der Waals surface area contributed by atoms with E-state index >= 15 is 0 Å². The molecule has 12 rings (SSSR count). The Labute approximate surface area is 338 Å². The molecule has 0 fully saturated rings. The second kappa shape index (κ2) is 12.8. The summed E-state index contributed by atoms with van der Waals surface area (Å²) in [6.07, 6.45) is 9.23. The third kappa shape index (κ3) is 4.62. The van der Waals surface area contributed by atoms with Crippen LogP contribution >= 0.6 is 0 Å². The third-order valence-electron chi connectivity index (χ3n) is 12.6. The summed E-state index contributed by atoms with van der Waals surface area (Å²) < 4.78 is 14.4. The van der Waals surface area contributed by atoms with Crippen molar-refractivity contribution >= 4 is 17.1 Å². The number of anilines is 3. The quantitative estimate of drug-likeness (QED) is 0.175. The highest BCUT2D eigenvalue weighted by Gasteiger charge is 2.58. The van der Waals surface area contributed by atoms with Gasteiger partial charge in [0.2, 0.25) is 0 Å². The van der Waals surface area contributed by atoms with Crippen molar-refractivity contribution in [2.24, 2.45) is 5.92 Å². The van der Waals surface area contributed by atoms with Crippen molar-refractivity contribution in [1.82, 2.24) is 0 Å². The summed E-state index contributed by atoms with van der Waals surface area (Å²) in [5.74, 6) is 3.36. The van der Waals surface area contributed by atoms with Crippen LogP contribution in [0.5, 0.6) is 23.0 Å². The molecule has 0 saturated heterocycles. The minimum absolute atomic E-state index is 0.238. The molecule has 1 heterocycles. The Morgan fingerprint density at radius 2 is 0.948 bits per heavy atom. The van der Waals surface area contributed by atoms with Gasteiger partial charge in [0, 0.05) is 28.5 Å². The summed E-state index contributed by atoms with van der Waals surface area (Å²) in [5, 5.41) is 0. The molecule has 0 N–H and O–H groups in total. The van der Waals surface area contributed by atoms with E-state index in [-0.39, 0.29) is 11.3 Å². The molecule has 3 heteroatoms. The lowest BCUT2D eigenvalue weighted by atomic mass is 9.65. The Morgan fingerprint density at radius 1 is 0.397 bits per heavy atom. The number of benzene rings is 8. The molecule has 4 aliphatic rings. The molecule has 1 spiro atoms. The topological polar surface area (TPSA) is 21.7 Å². The van der Waals surface area contributed by atoms with Crippen LogP contribution in [0.25, 0.3) is 33.4 Å². The second-order valence-corrected chi connectivity index (χ2v) is 15.5. The molecular weight excluding hydrogens is 707 g/mol. The normalized spacial score (nSPS) is 18.6. The van der Waals surface area contributed by atoms with Crippen LogP contribution < -0.4 is 14.4 Å². The molecule has 0 saturated carbocycles. The fraction of sp³-hybridized carbons (Fsp3) is 0.0545. The average molecular weight is 744 g/mol. The fourth-order valence-electron chi connectivity index (χ4n) is 10.4. The predicted molar refractivity (Wildman–Crippen MR) is 235 cm³/mol. The van der Waals surface area contributed by atoms with E-state index in [0.717, 1.165) is 50.6 Å². The highest BCUT2D eigenvalue weighted by Crippen LogP contribution is 2.68. The number of allylic oxidation sites excluding steroid dienone is 4. The molecule has 3 nitrogen and oxygen atoms in total. The van der Waals surface area contributed by atoms with Crippen LogP contribution in [0.15, 0.2) is 212 Å². The maximum absolute atomic E-state index is 7.21. The summed E-state index contributed by atoms with van der Waals surface area (Å²) in [4.78, 5) is 2.34. The van der Waals surface area contributed by atoms with Gasteiger partial charge in [-0.2, -0.15) is 0 Å². The smallest absolute Gasteiger partial charge is 0.194 e. The maximum atomic E-state index is 7.21. The summed E-state index contributed by atoms with van der Waals surface area (Å²) in [5.41, 5.74) is 14.8. The van der Waals surface area contributed by atoms with Crippen LogP contribution in [0.2, 0.25) is 0 Å². The molecule has 274 valence electrons. The second-order valence-electron chi connectivity index (χ2n) is 15.5. The highest BCUT2D eigenvalue weighted by molar-refractivity contribution is 5.97. The standard InChI is InChI=1S/C55H37NO2/c1-3-18-36(19-4-1)38-22-10-15-30-47(38)56(48-31-16-11-23-39(48)37-20-5-2-6-21-37)49-32-17-33-50-53(49)57-51-35-34-46-52(54(51)58-50)42-26-9-14-29-45(42)55(46)43-27-12-7-24-40(43)41-25-8-13-28-44(41)55/h1-35,40,43H. The van der Waals surface area contributed by atoms with E-state index in [9.17, 15) is 0 Å². The first-order chi connectivity index (χ1) is 28.8. The number of hydrogen-bond acceptors (Lipinski definition) is 3. The van der Waals surface area contributed by atoms with Gasteiger partial charge in [-0.25, -0.2) is 0 Å². The van der Waals surface area contributed by atoms with Gasteiger partial charge < -0.3 is 14.4 Å². The van der Waals surface area contributed by atoms with E-state index < -0.39 is 0 Å². The van der Waals surface area contributed by atoms with Gasteiger partial charge in [-0.3, -0.25) is 0 Å². The molecule has 8 aromatic carbocycles. The summed E-state index contributed by atoms with van der Waals surface area (Å²) in [6.45, 7) is 0. The number of fused-ring (bicyclic) bond motifs is 13. The SMILES string of the molecule is C1=CC2c3ccccc3C3(c4ccccc4-c4c3ccc3c4Oc4cccc(N(c5ccccc5-c5ccccc5)c5ccccc5-c5ccccc5)c4O3)C2C=C1. The highest BCUT2D eigenvalue weighted by atomic mass is 16.6. The van der Waals surface area contributed by atoms with Crippen LogP contribution in [0, 0.1) is 5.92 Å². The van der Waals surface area contributed by atoms with Gasteiger partial charge in [0.05, 0.1) is 22.5 Å². The van der Waals surface area contributed by atoms with Crippen LogP contribution in [-0.4, -0.2) is 0 Å². The Balaban J connectivity index is 1.06. The molecule has 8 aromatic rings. The van der Waals surface area contributed by atoms with Crippen molar-refractivity contribution in [2.75, 3.05) is 4.90 Å². The van der Waals surface area contributed by atoms with Gasteiger partial charge >= 0.3 is 0 Å². The first kappa shape index (κ1) is 32.8. The first-order valence-electron chi connectivity index (χ1n) is 20.1. The van der Waals surface area contributed by atoms with E-state index in [2.05, 4.69) is 211 Å². The number of hydrogen-bond donors (Lipinski definition) is 0. The Bertz CT molecular complexity index is 2900. The fourth-order valence-corrected chi connectivity index (χ4v) is 10.4. The lowest BCUT2D eigenvalue weighted by Crippen LogP contribution is -2.32. The zero-order valence-electron chi connectivity index (χ0n) is 31.6. The molecule has 1 aliphatic heterocycles. The molecule has 3 unspecified atom stereocenters. The molecular formula is C55H37NO2. The number of para-hydroxylation sites is 3. The monoisotopic (exact) mass is 743 g/mol. The molecule has 3 atom stereocenters. The third-order valence-corrected chi connectivity index (χ3v) is 12.6. The van der Waals surface area contributed by atoms with Crippen molar-refractivity contribution in [2.45, 2.75) is 11.3 Å². The largest absolute Gasteiger partial charge is 0.449 e. The van der Waals surface area contributed by atoms with Crippen molar-refractivity contribution in [1.29, 1.82) is 0 Å². The molecule has 3 aliphatic carbocycles. The van der Waals surface area contributed by atoms with Crippen molar-refractivity contribution in [3.05, 3.63) is 235 Å². The average Bonchev–Trinajstić information content (AvgIpc) is 3.77. The maximum Gasteiger partial charge on any atom is 0.194 e. The minimum atomic E-state index is -0.353. The molecule has 0 bridgehead atoms. The van der Waals surface area contributed by atoms with Crippen LogP contribution in [0.1, 0.15) is 28.2 Å². The van der Waals surface area contributed by atoms with Crippen molar-refractivity contribution in [3.63, 3.8) is 0 Å². The van der Waals surface area contributed by atoms with Gasteiger partial charge in [-0.15, -0.1) is 0 Å². The summed E-state index contributed by atoms with van der Waals surface area (Å²) >= 11 is 0. The first-order valence-corrected chi connectivity index (χ1v) is 20.1. The molecule has 0 aromatic heterocycles. The van der Waals surface area contributed by atoms with Gasteiger partial charge in [0.1, 0.15) is 0 Å². The Kier molecular flexibility index (Phi) is 7.27. The van der Waals surface area contributed by atoms with Gasteiger partial charge in [-0.05, 0) is 69.3 Å².